The highest BCUT2D eigenvalue weighted by Crippen LogP contribution is 2.20. The van der Waals surface area contributed by atoms with Gasteiger partial charge in [-0.3, -0.25) is 14.5 Å². The topological polar surface area (TPSA) is 66.0 Å². The molecule has 3 aromatic rings. The van der Waals surface area contributed by atoms with Gasteiger partial charge in [0, 0.05) is 42.4 Å². The smallest absolute Gasteiger partial charge is 0.240 e. The summed E-state index contributed by atoms with van der Waals surface area (Å²) in [5, 5.41) is 10.1. The number of rotatable bonds is 6. The van der Waals surface area contributed by atoms with Crippen molar-refractivity contribution < 1.29 is 4.79 Å². The highest BCUT2D eigenvalue weighted by atomic mass is 32.2. The molecule has 1 aliphatic heterocycles. The number of carbonyl (C=O) groups excluding carboxylic acids is 1. The van der Waals surface area contributed by atoms with Gasteiger partial charge in [-0.1, -0.05) is 42.0 Å². The number of hydrogen-bond acceptors (Lipinski definition) is 5. The Morgan fingerprint density at radius 3 is 2.53 bits per heavy atom. The molecule has 0 atom stereocenters. The molecule has 1 aromatic heterocycles. The Kier molecular flexibility index (Phi) is 6.54. The molecule has 0 bridgehead atoms. The summed E-state index contributed by atoms with van der Waals surface area (Å²) in [6.45, 7) is 4.83. The van der Waals surface area contributed by atoms with E-state index in [1.807, 2.05) is 43.0 Å². The van der Waals surface area contributed by atoms with E-state index in [9.17, 15) is 4.79 Å². The highest BCUT2D eigenvalue weighted by molar-refractivity contribution is 7.99. The van der Waals surface area contributed by atoms with Crippen LogP contribution in [0.5, 0.6) is 0 Å². The minimum Gasteiger partial charge on any atom is -0.370 e. The van der Waals surface area contributed by atoms with Gasteiger partial charge < -0.3 is 10.2 Å². The van der Waals surface area contributed by atoms with E-state index >= 15 is 0 Å². The fourth-order valence-electron chi connectivity index (χ4n) is 3.43. The molecule has 2 N–H and O–H groups in total. The number of thioether (sulfide) groups is 1. The van der Waals surface area contributed by atoms with Crippen LogP contribution in [0.15, 0.2) is 48.5 Å². The number of hydrogen-bond donors (Lipinski definition) is 2. The Balaban J connectivity index is 1.37. The first kappa shape index (κ1) is 20.7. The van der Waals surface area contributed by atoms with Crippen molar-refractivity contribution in [1.29, 1.82) is 0 Å². The third kappa shape index (κ3) is 4.94. The quantitative estimate of drug-likeness (QED) is 0.572. The lowest BCUT2D eigenvalue weighted by atomic mass is 10.1. The Hall–Kier alpha value is -2.58. The predicted molar refractivity (Wildman–Crippen MR) is 125 cm³/mol. The van der Waals surface area contributed by atoms with Crippen LogP contribution in [0.1, 0.15) is 11.1 Å². The highest BCUT2D eigenvalue weighted by Gasteiger charge is 2.13. The Morgan fingerprint density at radius 1 is 1.13 bits per heavy atom. The zero-order chi connectivity index (χ0) is 20.9. The van der Waals surface area contributed by atoms with Crippen molar-refractivity contribution in [2.75, 3.05) is 29.5 Å². The summed E-state index contributed by atoms with van der Waals surface area (Å²) in [4.78, 5) is 15.0. The second kappa shape index (κ2) is 9.49. The third-order valence-corrected chi connectivity index (χ3v) is 6.43. The van der Waals surface area contributed by atoms with Crippen molar-refractivity contribution in [3.63, 3.8) is 0 Å². The van der Waals surface area contributed by atoms with Crippen molar-refractivity contribution in [3.05, 3.63) is 64.4 Å². The van der Waals surface area contributed by atoms with Crippen molar-refractivity contribution in [1.82, 2.24) is 20.1 Å². The van der Waals surface area contributed by atoms with E-state index in [4.69, 9.17) is 12.2 Å². The van der Waals surface area contributed by atoms with Crippen LogP contribution in [-0.2, 0) is 17.9 Å². The van der Waals surface area contributed by atoms with Gasteiger partial charge in [0.25, 0.3) is 0 Å². The van der Waals surface area contributed by atoms with Crippen molar-refractivity contribution in [2.24, 2.45) is 0 Å². The molecule has 30 heavy (non-hydrogen) atoms. The molecule has 1 amide bonds. The lowest BCUT2D eigenvalue weighted by Gasteiger charge is -2.28. The maximum Gasteiger partial charge on any atom is 0.240 e. The normalized spacial score (nSPS) is 14.0. The Labute approximate surface area is 185 Å². The van der Waals surface area contributed by atoms with Gasteiger partial charge in [0.15, 0.2) is 10.6 Å². The first-order chi connectivity index (χ1) is 14.6. The molecule has 2 aromatic carbocycles. The van der Waals surface area contributed by atoms with Gasteiger partial charge in [-0.2, -0.15) is 16.9 Å². The standard InChI is InChI=1S/C22H25N5OS2/c1-16-2-6-18(7-3-16)21-24-25-22(29)27(21)15-20(28)23-14-17-4-8-19(9-5-17)26-10-12-30-13-11-26/h2-9H,10-15H2,1H3,(H,23,28)(H,25,29). The zero-order valence-corrected chi connectivity index (χ0v) is 18.6. The number of aromatic nitrogens is 3. The summed E-state index contributed by atoms with van der Waals surface area (Å²) in [6, 6.07) is 16.4. The molecule has 0 saturated carbocycles. The predicted octanol–water partition coefficient (Wildman–Crippen LogP) is 3.79. The fourth-order valence-corrected chi connectivity index (χ4v) is 4.53. The van der Waals surface area contributed by atoms with Crippen LogP contribution in [-0.4, -0.2) is 45.3 Å². The number of carbonyl (C=O) groups is 1. The molecule has 1 aliphatic rings. The number of amides is 1. The lowest BCUT2D eigenvalue weighted by Crippen LogP contribution is -2.32. The van der Waals surface area contributed by atoms with E-state index in [2.05, 4.69) is 44.7 Å². The maximum atomic E-state index is 12.6. The van der Waals surface area contributed by atoms with Crippen LogP contribution in [0.3, 0.4) is 0 Å². The molecule has 0 aliphatic carbocycles. The molecule has 6 nitrogen and oxygen atoms in total. The van der Waals surface area contributed by atoms with Crippen molar-refractivity contribution in [2.45, 2.75) is 20.0 Å². The fraction of sp³-hybridized carbons (Fsp3) is 0.318. The van der Waals surface area contributed by atoms with Gasteiger partial charge in [-0.15, -0.1) is 0 Å². The lowest BCUT2D eigenvalue weighted by molar-refractivity contribution is -0.121. The van der Waals surface area contributed by atoms with Gasteiger partial charge in [-0.25, -0.2) is 0 Å². The van der Waals surface area contributed by atoms with Gasteiger partial charge in [0.1, 0.15) is 6.54 Å². The Bertz CT molecular complexity index is 1050. The van der Waals surface area contributed by atoms with Crippen LogP contribution < -0.4 is 10.2 Å². The molecular formula is C22H25N5OS2. The van der Waals surface area contributed by atoms with Crippen molar-refractivity contribution >= 4 is 35.6 Å². The second-order valence-electron chi connectivity index (χ2n) is 7.35. The first-order valence-electron chi connectivity index (χ1n) is 10.0. The first-order valence-corrected chi connectivity index (χ1v) is 11.6. The molecule has 1 fully saturated rings. The number of aryl methyl sites for hydroxylation is 1. The van der Waals surface area contributed by atoms with Crippen LogP contribution in [0.25, 0.3) is 11.4 Å². The summed E-state index contributed by atoms with van der Waals surface area (Å²) in [7, 11) is 0. The minimum absolute atomic E-state index is 0.0991. The third-order valence-electron chi connectivity index (χ3n) is 5.17. The van der Waals surface area contributed by atoms with Crippen LogP contribution >= 0.6 is 24.0 Å². The summed E-state index contributed by atoms with van der Waals surface area (Å²) in [6.07, 6.45) is 0. The summed E-state index contributed by atoms with van der Waals surface area (Å²) >= 11 is 7.33. The summed E-state index contributed by atoms with van der Waals surface area (Å²) in [5.74, 6) is 2.93. The van der Waals surface area contributed by atoms with Gasteiger partial charge in [0.05, 0.1) is 0 Å². The molecule has 8 heteroatoms. The Morgan fingerprint density at radius 2 is 1.83 bits per heavy atom. The number of nitrogens with zero attached hydrogens (tertiary/aromatic N) is 3. The van der Waals surface area contributed by atoms with Crippen molar-refractivity contribution in [3.8, 4) is 11.4 Å². The molecule has 0 unspecified atom stereocenters. The molecule has 1 saturated heterocycles. The summed E-state index contributed by atoms with van der Waals surface area (Å²) in [5.41, 5.74) is 4.42. The summed E-state index contributed by atoms with van der Waals surface area (Å²) < 4.78 is 2.16. The number of H-pyrrole nitrogens is 1. The monoisotopic (exact) mass is 439 g/mol. The van der Waals surface area contributed by atoms with E-state index in [-0.39, 0.29) is 12.5 Å². The minimum atomic E-state index is -0.0991. The van der Waals surface area contributed by atoms with E-state index in [1.165, 1.54) is 22.8 Å². The van der Waals surface area contributed by atoms with E-state index < -0.39 is 0 Å². The van der Waals surface area contributed by atoms with E-state index in [0.29, 0.717) is 17.1 Å². The van der Waals surface area contributed by atoms with E-state index in [1.54, 1.807) is 4.57 Å². The molecule has 156 valence electrons. The van der Waals surface area contributed by atoms with Crippen LogP contribution in [0.4, 0.5) is 5.69 Å². The van der Waals surface area contributed by atoms with Gasteiger partial charge in [-0.05, 0) is 36.8 Å². The molecule has 4 rings (SSSR count). The number of aromatic amines is 1. The zero-order valence-electron chi connectivity index (χ0n) is 16.9. The number of nitrogens with one attached hydrogen (secondary N) is 2. The largest absolute Gasteiger partial charge is 0.370 e. The second-order valence-corrected chi connectivity index (χ2v) is 8.96. The number of benzene rings is 2. The van der Waals surface area contributed by atoms with Gasteiger partial charge >= 0.3 is 0 Å². The molecule has 2 heterocycles. The van der Waals surface area contributed by atoms with E-state index in [0.717, 1.165) is 24.2 Å². The van der Waals surface area contributed by atoms with Crippen LogP contribution in [0, 0.1) is 11.7 Å². The number of anilines is 1. The average molecular weight is 440 g/mol. The molecule has 0 spiro atoms. The molecular weight excluding hydrogens is 414 g/mol. The average Bonchev–Trinajstić information content (AvgIpc) is 3.14. The molecule has 0 radical (unpaired) electrons. The van der Waals surface area contributed by atoms with Crippen LogP contribution in [0.2, 0.25) is 0 Å². The maximum absolute atomic E-state index is 12.6. The van der Waals surface area contributed by atoms with Gasteiger partial charge in [0.2, 0.25) is 5.91 Å². The SMILES string of the molecule is Cc1ccc(-c2n[nH]c(=S)n2CC(=O)NCc2ccc(N3CCSCC3)cc2)cc1.